The number of hydrogen-bond acceptors (Lipinski definition) is 15. The second-order valence-electron chi connectivity index (χ2n) is 27.8. The van der Waals surface area contributed by atoms with E-state index < -0.39 is 134 Å². The van der Waals surface area contributed by atoms with Gasteiger partial charge in [-0.3, -0.25) is 40.4 Å². The van der Waals surface area contributed by atoms with Gasteiger partial charge in [0.2, 0.25) is 0 Å². The van der Waals surface area contributed by atoms with Crippen LogP contribution in [0.4, 0.5) is 54.3 Å². The molecule has 120 heavy (non-hydrogen) atoms. The van der Waals surface area contributed by atoms with Gasteiger partial charge in [0.15, 0.2) is 56.9 Å². The van der Waals surface area contributed by atoms with Crippen molar-refractivity contribution < 1.29 is 117 Å². The lowest BCUT2D eigenvalue weighted by Gasteiger charge is -2.24. The smallest absolute Gasteiger partial charge is 0.382 e. The molecule has 11 aromatic carbocycles. The molecule has 8 aliphatic rings. The largest absolute Gasteiger partial charge is 0.483 e. The number of imide groups is 4. The van der Waals surface area contributed by atoms with Crippen molar-refractivity contribution in [1.82, 2.24) is 42.5 Å². The fourth-order valence-corrected chi connectivity index (χ4v) is 16.0. The molecule has 0 aromatic heterocycles. The number of amides is 12. The van der Waals surface area contributed by atoms with Gasteiger partial charge in [0.05, 0.1) is 5.56 Å². The van der Waals surface area contributed by atoms with Crippen molar-refractivity contribution in [2.75, 3.05) is 0 Å². The van der Waals surface area contributed by atoms with E-state index in [1.807, 2.05) is 50.1 Å². The van der Waals surface area contributed by atoms with Gasteiger partial charge < -0.3 is 45.7 Å². The lowest BCUT2D eigenvalue weighted by molar-refractivity contribution is -0.192. The number of rotatable bonds is 8. The summed E-state index contributed by atoms with van der Waals surface area (Å²) in [5.74, 6) is -5.94. The van der Waals surface area contributed by atoms with Gasteiger partial charge in [0.25, 0.3) is 23.6 Å². The number of urea groups is 4. The number of benzene rings is 11. The first-order valence-corrected chi connectivity index (χ1v) is 35.6. The molecular weight excluding hydrogens is 1580 g/mol. The van der Waals surface area contributed by atoms with E-state index in [1.54, 1.807) is 24.3 Å². The van der Waals surface area contributed by atoms with Gasteiger partial charge in [0.1, 0.15) is 46.7 Å². The van der Waals surface area contributed by atoms with Crippen LogP contribution in [0.15, 0.2) is 194 Å². The van der Waals surface area contributed by atoms with E-state index in [2.05, 4.69) is 48.5 Å². The Kier molecular flexibility index (Phi) is 19.7. The zero-order valence-corrected chi connectivity index (χ0v) is 61.6. The summed E-state index contributed by atoms with van der Waals surface area (Å²) < 4.78 is 133. The number of fused-ring (bicyclic) bond motifs is 20. The van der Waals surface area contributed by atoms with Crippen LogP contribution < -0.4 is 56.7 Å². The van der Waals surface area contributed by atoms with E-state index in [0.29, 0.717) is 44.7 Å². The maximum absolute atomic E-state index is 15.1. The maximum Gasteiger partial charge on any atom is 0.382 e. The van der Waals surface area contributed by atoms with Crippen molar-refractivity contribution in [2.45, 2.75) is 49.0 Å². The predicted molar refractivity (Wildman–Crippen MR) is 401 cm³/mol. The molecule has 19 rings (SSSR count). The third-order valence-corrected chi connectivity index (χ3v) is 21.0. The van der Waals surface area contributed by atoms with E-state index in [4.69, 9.17) is 34.0 Å². The first-order valence-electron chi connectivity index (χ1n) is 35.6. The summed E-state index contributed by atoms with van der Waals surface area (Å²) in [6.45, 7) is 5.19. The van der Waals surface area contributed by atoms with Gasteiger partial charge in [-0.25, -0.2) is 63.9 Å². The molecule has 4 saturated heterocycles. The molecule has 4 aliphatic heterocycles. The Bertz CT molecular complexity index is 6540. The van der Waals surface area contributed by atoms with Crippen LogP contribution in [0.25, 0.3) is 44.5 Å². The van der Waals surface area contributed by atoms with Crippen LogP contribution in [0.2, 0.25) is 0 Å². The maximum atomic E-state index is 15.1. The molecule has 12 amide bonds. The molecule has 4 unspecified atom stereocenters. The zero-order valence-electron chi connectivity index (χ0n) is 61.6. The van der Waals surface area contributed by atoms with Crippen molar-refractivity contribution in [3.05, 3.63) is 313 Å². The Morgan fingerprint density at radius 1 is 0.392 bits per heavy atom. The lowest BCUT2D eigenvalue weighted by atomic mass is 9.86. The SMILES string of the molecule is Cc1c(F)cc2c(c1C#CC(=O)O)-c1ccc(F)cc1C21NC(=O)NC1=O.Cc1ccccc1[C@H](C)Oc1cc2c(cc1F)C1(NC(=O)NC1=O)c1cc(F)ccc1-2.O=C1NC(=O)C2(N1)c1cc(F)ccc1-c1cc(Oc3ccc(C(=O)O)cc3)c(F)cc12.O=C1NC(=O)C2(N1)c1cc(F)ccc1-c1cc(Oc3ccccc3)c(F)cc12.O=C=O. The van der Waals surface area contributed by atoms with Crippen molar-refractivity contribution in [2.24, 2.45) is 0 Å². The predicted octanol–water partition coefficient (Wildman–Crippen LogP) is 13.0. The molecule has 4 spiro atoms. The van der Waals surface area contributed by atoms with Crippen LogP contribution in [0.5, 0.6) is 28.7 Å². The minimum absolute atomic E-state index is 0.00607. The van der Waals surface area contributed by atoms with Crippen LogP contribution in [0.3, 0.4) is 0 Å². The lowest BCUT2D eigenvalue weighted by Crippen LogP contribution is -2.43. The van der Waals surface area contributed by atoms with E-state index in [9.17, 15) is 78.7 Å². The summed E-state index contributed by atoms with van der Waals surface area (Å²) in [5, 5.41) is 36.5. The van der Waals surface area contributed by atoms with E-state index in [0.717, 1.165) is 47.5 Å². The Morgan fingerprint density at radius 2 is 0.733 bits per heavy atom. The minimum Gasteiger partial charge on any atom is -0.483 e. The summed E-state index contributed by atoms with van der Waals surface area (Å²) in [6.07, 6.45) is -0.175. The summed E-state index contributed by atoms with van der Waals surface area (Å²) in [4.78, 5) is 136. The van der Waals surface area contributed by atoms with Gasteiger partial charge in [-0.05, 0) is 198 Å². The van der Waals surface area contributed by atoms with Crippen molar-refractivity contribution in [3.63, 3.8) is 0 Å². The molecule has 5 atom stereocenters. The number of para-hydroxylation sites is 1. The first-order chi connectivity index (χ1) is 57.2. The fraction of sp³-hybridized carbons (Fsp3) is 0.0920. The Balaban J connectivity index is 0.000000123. The third-order valence-electron chi connectivity index (χ3n) is 21.0. The average molecular weight is 1630 g/mol. The molecule has 25 nitrogen and oxygen atoms in total. The number of carboxylic acids is 2. The van der Waals surface area contributed by atoms with Gasteiger partial charge in [-0.15, -0.1) is 0 Å². The minimum atomic E-state index is -1.81. The highest BCUT2D eigenvalue weighted by Gasteiger charge is 2.60. The number of ether oxygens (including phenoxy) is 3. The highest BCUT2D eigenvalue weighted by molar-refractivity contribution is 6.17. The number of carbonyl (C=O) groups excluding carboxylic acids is 10. The molecule has 4 heterocycles. The van der Waals surface area contributed by atoms with E-state index >= 15 is 4.39 Å². The second kappa shape index (κ2) is 29.9. The van der Waals surface area contributed by atoms with Crippen molar-refractivity contribution in [1.29, 1.82) is 0 Å². The number of hydrogen-bond donors (Lipinski definition) is 10. The Morgan fingerprint density at radius 3 is 1.12 bits per heavy atom. The molecular formula is C87H52F8N8O17. The standard InChI is InChI=1S/C24H18F2N2O3.C22H12F2N2O5.C21H12F2N2O3.C19H10F2N2O4.CO2/c1-12-5-3-4-6-15(12)13(2)31-21-10-17-16-8-7-14(25)9-18(16)24(19(17)11-20(21)26)22(29)27-23(30)28-24;23-11-3-6-13-14-8-18(31-12-4-1-10(2-5-12)19(27)28)17(24)9-16(14)22(15(13)7-11)20(29)25-21(30)26-22;22-11-6-7-13-14-9-18(28-12-4-2-1-3-5-12)17(23)10-16(14)21(15(13)8-11)19(26)24-20(27)25-21;1-8-10(4-5-15(24)25)16-11-3-2-9(20)6-12(11)19(13(16)7-14(8)21)17(26)22-18(27)23-19;2-1-3/h3-11,13H,1-2H3,(H2,27,28,29,30);1-9H,(H,27,28)(H2,25,26,29,30);1-10H,(H2,24,25,26,27);2-3,6-7H,1H3,(H,24,25)(H2,22,23,26,27);/t13-,24?;;;;/m0..../s1. The number of carboxylic acid groups (broad SMARTS) is 2. The number of aliphatic carboxylic acids is 1. The van der Waals surface area contributed by atoms with E-state index in [-0.39, 0.29) is 95.9 Å². The van der Waals surface area contributed by atoms with Crippen LogP contribution in [0, 0.1) is 72.2 Å². The second-order valence-corrected chi connectivity index (χ2v) is 27.8. The van der Waals surface area contributed by atoms with Gasteiger partial charge in [0, 0.05) is 67.1 Å². The van der Waals surface area contributed by atoms with Crippen LogP contribution >= 0.6 is 0 Å². The number of aryl methyl sites for hydroxylation is 1. The molecule has 4 aliphatic carbocycles. The summed E-state index contributed by atoms with van der Waals surface area (Å²) in [5.41, 5.74) is 0.278. The molecule has 598 valence electrons. The topological polar surface area (TPSA) is 369 Å². The van der Waals surface area contributed by atoms with Crippen molar-refractivity contribution in [3.8, 4) is 85.1 Å². The van der Waals surface area contributed by atoms with Crippen molar-refractivity contribution >= 4 is 65.8 Å². The molecule has 0 bridgehead atoms. The Labute approximate surface area is 669 Å². The number of nitrogens with one attached hydrogen (secondary N) is 8. The number of carbonyl (C=O) groups is 10. The van der Waals surface area contributed by atoms with Crippen LogP contribution in [-0.4, -0.2) is 76.1 Å². The summed E-state index contributed by atoms with van der Waals surface area (Å²) in [6, 6.07) is 42.8. The highest BCUT2D eigenvalue weighted by atomic mass is 19.2. The quantitative estimate of drug-likeness (QED) is 0.0384. The molecule has 10 N–H and O–H groups in total. The van der Waals surface area contributed by atoms with Crippen LogP contribution in [-0.2, 0) is 55.7 Å². The fourth-order valence-electron chi connectivity index (χ4n) is 16.0. The monoisotopic (exact) mass is 1630 g/mol. The number of aromatic carboxylic acids is 1. The van der Waals surface area contributed by atoms with Gasteiger partial charge in [-0.1, -0.05) is 72.7 Å². The Hall–Kier alpha value is -16.1. The normalized spacial score (nSPS) is 18.7. The molecule has 33 heteroatoms. The van der Waals surface area contributed by atoms with Crippen LogP contribution in [0.1, 0.15) is 90.1 Å². The van der Waals surface area contributed by atoms with Gasteiger partial charge in [-0.2, -0.15) is 9.59 Å². The summed E-state index contributed by atoms with van der Waals surface area (Å²) >= 11 is 0. The third kappa shape index (κ3) is 13.1. The first kappa shape index (κ1) is 79.1. The number of halogens is 8. The zero-order chi connectivity index (χ0) is 85.5. The molecule has 11 aromatic rings. The average Bonchev–Trinajstić information content (AvgIpc) is 1.54. The molecule has 0 radical (unpaired) electrons. The van der Waals surface area contributed by atoms with Gasteiger partial charge >= 0.3 is 42.2 Å². The highest BCUT2D eigenvalue weighted by Crippen LogP contribution is 2.56. The molecule has 0 saturated carbocycles. The molecule has 4 fully saturated rings. The van der Waals surface area contributed by atoms with E-state index in [1.165, 1.54) is 110 Å². The summed E-state index contributed by atoms with van der Waals surface area (Å²) in [7, 11) is 0.